The second kappa shape index (κ2) is 3.33. The Morgan fingerprint density at radius 3 is 2.76 bits per heavy atom. The molecule has 2 aromatic rings. The molecule has 17 heavy (non-hydrogen) atoms. The fourth-order valence-electron chi connectivity index (χ4n) is 2.31. The first-order valence-electron chi connectivity index (χ1n) is 5.49. The first kappa shape index (κ1) is 11.2. The summed E-state index contributed by atoms with van der Waals surface area (Å²) in [7, 11) is 0. The number of imidazole rings is 1. The molecule has 1 heterocycles. The van der Waals surface area contributed by atoms with Crippen molar-refractivity contribution in [2.75, 3.05) is 0 Å². The lowest BCUT2D eigenvalue weighted by Gasteiger charge is -2.06. The zero-order valence-electron chi connectivity index (χ0n) is 9.55. The Balaban J connectivity index is 2.28. The van der Waals surface area contributed by atoms with Gasteiger partial charge in [0.05, 0.1) is 16.1 Å². The third-order valence-corrected chi connectivity index (χ3v) is 4.12. The molecule has 0 saturated heterocycles. The summed E-state index contributed by atoms with van der Waals surface area (Å²) in [5.74, 6) is -0.402. The van der Waals surface area contributed by atoms with Gasteiger partial charge in [-0.05, 0) is 30.1 Å². The van der Waals surface area contributed by atoms with Gasteiger partial charge in [0, 0.05) is 12.1 Å². The molecule has 1 aromatic heterocycles. The molecule has 0 bridgehead atoms. The largest absolute Gasteiger partial charge is 0.331 e. The lowest BCUT2D eigenvalue weighted by atomic mass is 10.2. The van der Waals surface area contributed by atoms with Gasteiger partial charge in [-0.2, -0.15) is 0 Å². The van der Waals surface area contributed by atoms with Gasteiger partial charge in [-0.3, -0.25) is 0 Å². The molecule has 0 aliphatic heterocycles. The monoisotopic (exact) mass is 270 g/mol. The minimum atomic E-state index is -0.402. The van der Waals surface area contributed by atoms with Crippen molar-refractivity contribution in [1.82, 2.24) is 9.55 Å². The van der Waals surface area contributed by atoms with Gasteiger partial charge >= 0.3 is 0 Å². The van der Waals surface area contributed by atoms with Crippen molar-refractivity contribution in [3.8, 4) is 0 Å². The average Bonchev–Trinajstić information content (AvgIpc) is 2.70. The normalized spacial score (nSPS) is 22.0. The fraction of sp³-hybridized carbons (Fsp3) is 0.417. The van der Waals surface area contributed by atoms with E-state index in [1.807, 2.05) is 4.57 Å². The van der Waals surface area contributed by atoms with Gasteiger partial charge in [0.1, 0.15) is 5.82 Å². The Hall–Kier alpha value is -0.870. The van der Waals surface area contributed by atoms with E-state index >= 15 is 0 Å². The predicted molar refractivity (Wildman–Crippen MR) is 69.5 cm³/mol. The molecule has 1 atom stereocenters. The molecule has 0 amide bonds. The summed E-state index contributed by atoms with van der Waals surface area (Å²) in [5, 5.41) is 0.121. The highest BCUT2D eigenvalue weighted by Crippen LogP contribution is 2.56. The maximum atomic E-state index is 13.5. The van der Waals surface area contributed by atoms with Crippen LogP contribution in [0, 0.1) is 16.0 Å². The van der Waals surface area contributed by atoms with Crippen LogP contribution in [0.4, 0.5) is 4.39 Å². The number of aromatic amines is 1. The molecule has 1 unspecified atom stereocenters. The summed E-state index contributed by atoms with van der Waals surface area (Å²) in [6, 6.07) is 3.40. The van der Waals surface area contributed by atoms with E-state index in [1.54, 1.807) is 6.07 Å². The molecule has 3 rings (SSSR count). The topological polar surface area (TPSA) is 20.7 Å². The molecule has 0 radical (unpaired) electrons. The zero-order chi connectivity index (χ0) is 12.4. The van der Waals surface area contributed by atoms with Crippen LogP contribution < -0.4 is 0 Å². The number of nitrogens with one attached hydrogen (secondary N) is 1. The Kier molecular flexibility index (Phi) is 2.20. The van der Waals surface area contributed by atoms with Crippen LogP contribution in [0.15, 0.2) is 12.1 Å². The number of hydrogen-bond acceptors (Lipinski definition) is 1. The van der Waals surface area contributed by atoms with Gasteiger partial charge < -0.3 is 9.55 Å². The molecule has 1 aliphatic rings. The minimum absolute atomic E-state index is 0.121. The number of halogens is 2. The fourth-order valence-corrected chi connectivity index (χ4v) is 2.81. The van der Waals surface area contributed by atoms with Gasteiger partial charge in [0.25, 0.3) is 0 Å². The summed E-state index contributed by atoms with van der Waals surface area (Å²) in [4.78, 5) is 3.08. The summed E-state index contributed by atoms with van der Waals surface area (Å²) in [6.07, 6.45) is 1.07. The smallest absolute Gasteiger partial charge is 0.178 e. The van der Waals surface area contributed by atoms with Crippen molar-refractivity contribution in [2.24, 2.45) is 5.41 Å². The van der Waals surface area contributed by atoms with Crippen molar-refractivity contribution in [3.63, 3.8) is 0 Å². The van der Waals surface area contributed by atoms with E-state index in [0.29, 0.717) is 10.8 Å². The maximum absolute atomic E-state index is 13.5. The number of aromatic nitrogens is 2. The van der Waals surface area contributed by atoms with Gasteiger partial charge in [-0.25, -0.2) is 4.39 Å². The summed E-state index contributed by atoms with van der Waals surface area (Å²) in [5.41, 5.74) is 1.83. The zero-order valence-corrected chi connectivity index (χ0v) is 11.1. The SMILES string of the molecule is CC1(C)CC1n1c(=S)[nH]c2cc(Cl)c(F)cc21. The van der Waals surface area contributed by atoms with Crippen LogP contribution >= 0.6 is 23.8 Å². The van der Waals surface area contributed by atoms with Gasteiger partial charge in [-0.15, -0.1) is 0 Å². The van der Waals surface area contributed by atoms with Gasteiger partial charge in [0.15, 0.2) is 4.77 Å². The molecule has 1 saturated carbocycles. The molecule has 1 fully saturated rings. The first-order chi connectivity index (χ1) is 7.90. The van der Waals surface area contributed by atoms with Crippen LogP contribution in [-0.2, 0) is 0 Å². The van der Waals surface area contributed by atoms with E-state index in [2.05, 4.69) is 18.8 Å². The van der Waals surface area contributed by atoms with Crippen molar-refractivity contribution in [2.45, 2.75) is 26.3 Å². The second-order valence-electron chi connectivity index (χ2n) is 5.29. The molecule has 1 N–H and O–H groups in total. The van der Waals surface area contributed by atoms with Crippen LogP contribution in [0.2, 0.25) is 5.02 Å². The van der Waals surface area contributed by atoms with Crippen LogP contribution in [-0.4, -0.2) is 9.55 Å². The molecule has 90 valence electrons. The van der Waals surface area contributed by atoms with Crippen molar-refractivity contribution in [3.05, 3.63) is 27.7 Å². The minimum Gasteiger partial charge on any atom is -0.331 e. The summed E-state index contributed by atoms with van der Waals surface area (Å²) in [6.45, 7) is 4.37. The molecule has 1 aromatic carbocycles. The van der Waals surface area contributed by atoms with Gasteiger partial charge in [-0.1, -0.05) is 25.4 Å². The first-order valence-corrected chi connectivity index (χ1v) is 6.28. The predicted octanol–water partition coefficient (Wildman–Crippen LogP) is 4.46. The number of rotatable bonds is 1. The Morgan fingerprint density at radius 1 is 1.53 bits per heavy atom. The van der Waals surface area contributed by atoms with E-state index in [9.17, 15) is 4.39 Å². The standard InChI is InChI=1S/C12H12ClFN2S/c1-12(2)5-10(12)16-9-4-7(14)6(13)3-8(9)15-11(16)17/h3-4,10H,5H2,1-2H3,(H,15,17). The molecule has 1 aliphatic carbocycles. The van der Waals surface area contributed by atoms with Gasteiger partial charge in [0.2, 0.25) is 0 Å². The van der Waals surface area contributed by atoms with Crippen LogP contribution in [0.3, 0.4) is 0 Å². The number of fused-ring (bicyclic) bond motifs is 1. The molecule has 0 spiro atoms. The Morgan fingerprint density at radius 2 is 2.18 bits per heavy atom. The third kappa shape index (κ3) is 1.62. The van der Waals surface area contributed by atoms with E-state index < -0.39 is 5.82 Å². The molecular formula is C12H12ClFN2S. The Labute approximate surface area is 108 Å². The molecule has 2 nitrogen and oxygen atoms in total. The van der Waals surface area contributed by atoms with E-state index in [1.165, 1.54) is 6.07 Å². The third-order valence-electron chi connectivity index (χ3n) is 3.53. The highest BCUT2D eigenvalue weighted by Gasteiger charge is 2.47. The number of hydrogen-bond donors (Lipinski definition) is 1. The summed E-state index contributed by atoms with van der Waals surface area (Å²) < 4.78 is 16.2. The van der Waals surface area contributed by atoms with E-state index in [0.717, 1.165) is 17.5 Å². The maximum Gasteiger partial charge on any atom is 0.178 e. The summed E-state index contributed by atoms with van der Waals surface area (Å²) >= 11 is 11.1. The van der Waals surface area contributed by atoms with E-state index in [4.69, 9.17) is 23.8 Å². The highest BCUT2D eigenvalue weighted by atomic mass is 35.5. The average molecular weight is 271 g/mol. The molecular weight excluding hydrogens is 259 g/mol. The van der Waals surface area contributed by atoms with Crippen molar-refractivity contribution < 1.29 is 4.39 Å². The second-order valence-corrected chi connectivity index (χ2v) is 6.09. The van der Waals surface area contributed by atoms with Crippen LogP contribution in [0.5, 0.6) is 0 Å². The number of nitrogens with zero attached hydrogens (tertiary/aromatic N) is 1. The highest BCUT2D eigenvalue weighted by molar-refractivity contribution is 7.71. The van der Waals surface area contributed by atoms with Crippen molar-refractivity contribution >= 4 is 34.9 Å². The van der Waals surface area contributed by atoms with Crippen molar-refractivity contribution in [1.29, 1.82) is 0 Å². The quantitative estimate of drug-likeness (QED) is 0.759. The van der Waals surface area contributed by atoms with Crippen LogP contribution in [0.1, 0.15) is 26.3 Å². The van der Waals surface area contributed by atoms with Crippen LogP contribution in [0.25, 0.3) is 11.0 Å². The Bertz CT molecular complexity index is 671. The number of H-pyrrole nitrogens is 1. The van der Waals surface area contributed by atoms with E-state index in [-0.39, 0.29) is 10.4 Å². The number of benzene rings is 1. The molecule has 5 heteroatoms. The lowest BCUT2D eigenvalue weighted by Crippen LogP contribution is -2.00. The lowest BCUT2D eigenvalue weighted by molar-refractivity contribution is 0.545.